The van der Waals surface area contributed by atoms with Crippen LogP contribution in [0.1, 0.15) is 12.1 Å². The number of hydrogen-bond acceptors (Lipinski definition) is 6. The van der Waals surface area contributed by atoms with Crippen molar-refractivity contribution in [2.75, 3.05) is 39.4 Å². The predicted molar refractivity (Wildman–Crippen MR) is 75.1 cm³/mol. The van der Waals surface area contributed by atoms with Gasteiger partial charge in [-0.05, 0) is 0 Å². The van der Waals surface area contributed by atoms with E-state index in [1.165, 1.54) is 12.4 Å². The van der Waals surface area contributed by atoms with Crippen LogP contribution >= 0.6 is 0 Å². The summed E-state index contributed by atoms with van der Waals surface area (Å²) in [5.74, 6) is 0.232. The van der Waals surface area contributed by atoms with Gasteiger partial charge in [0.05, 0.1) is 19.8 Å². The molecular formula is C14H17N5O3. The summed E-state index contributed by atoms with van der Waals surface area (Å²) < 4.78 is 11.0. The predicted octanol–water partition coefficient (Wildman–Crippen LogP) is 0.254. The van der Waals surface area contributed by atoms with E-state index in [4.69, 9.17) is 14.7 Å². The Kier molecular flexibility index (Phi) is 4.34. The first-order valence-corrected chi connectivity index (χ1v) is 7.27. The number of nitriles is 1. The van der Waals surface area contributed by atoms with Crippen molar-refractivity contribution in [2.24, 2.45) is 0 Å². The van der Waals surface area contributed by atoms with Crippen molar-refractivity contribution in [1.29, 1.82) is 5.26 Å². The maximum atomic E-state index is 12.4. The van der Waals surface area contributed by atoms with Gasteiger partial charge in [-0.2, -0.15) is 5.26 Å². The van der Waals surface area contributed by atoms with Gasteiger partial charge >= 0.3 is 6.03 Å². The van der Waals surface area contributed by atoms with Gasteiger partial charge in [-0.1, -0.05) is 0 Å². The number of ether oxygens (including phenoxy) is 2. The Balaban J connectivity index is 1.58. The summed E-state index contributed by atoms with van der Waals surface area (Å²) in [6.45, 7) is 3.57. The topological polar surface area (TPSA) is 91.6 Å². The molecule has 2 fully saturated rings. The van der Waals surface area contributed by atoms with Gasteiger partial charge in [0, 0.05) is 38.4 Å². The van der Waals surface area contributed by atoms with Crippen molar-refractivity contribution in [3.63, 3.8) is 0 Å². The molecule has 22 heavy (non-hydrogen) atoms. The minimum absolute atomic E-state index is 0.0223. The fourth-order valence-electron chi connectivity index (χ4n) is 2.60. The molecule has 0 spiro atoms. The standard InChI is InChI=1S/C14H17N5O3/c15-9-12-13(17-3-2-16-12)22-11-1-4-19(10-11)14(20)18-5-7-21-8-6-18/h2-3,11H,1,4-8,10H2. The average Bonchev–Trinajstić information content (AvgIpc) is 3.04. The monoisotopic (exact) mass is 303 g/mol. The normalized spacial score (nSPS) is 21.5. The van der Waals surface area contributed by atoms with Gasteiger partial charge in [-0.25, -0.2) is 14.8 Å². The van der Waals surface area contributed by atoms with Crippen LogP contribution in [0.5, 0.6) is 5.88 Å². The highest BCUT2D eigenvalue weighted by molar-refractivity contribution is 5.75. The molecule has 8 heteroatoms. The fraction of sp³-hybridized carbons (Fsp3) is 0.571. The molecule has 2 aliphatic rings. The molecule has 0 N–H and O–H groups in total. The van der Waals surface area contributed by atoms with Crippen LogP contribution < -0.4 is 4.74 Å². The summed E-state index contributed by atoms with van der Waals surface area (Å²) in [6, 6.07) is 1.98. The van der Waals surface area contributed by atoms with Crippen LogP contribution in [0.15, 0.2) is 12.4 Å². The summed E-state index contributed by atoms with van der Waals surface area (Å²) in [5, 5.41) is 8.99. The Labute approximate surface area is 128 Å². The van der Waals surface area contributed by atoms with Crippen LogP contribution in [-0.2, 0) is 4.74 Å². The molecule has 8 nitrogen and oxygen atoms in total. The molecule has 1 aromatic rings. The third-order valence-electron chi connectivity index (χ3n) is 3.75. The number of aromatic nitrogens is 2. The van der Waals surface area contributed by atoms with E-state index in [9.17, 15) is 4.79 Å². The van der Waals surface area contributed by atoms with E-state index in [2.05, 4.69) is 9.97 Å². The molecule has 1 unspecified atom stereocenters. The smallest absolute Gasteiger partial charge is 0.320 e. The van der Waals surface area contributed by atoms with Crippen molar-refractivity contribution in [3.8, 4) is 11.9 Å². The van der Waals surface area contributed by atoms with E-state index in [1.54, 1.807) is 9.80 Å². The molecule has 0 bridgehead atoms. The summed E-state index contributed by atoms with van der Waals surface area (Å²) >= 11 is 0. The number of morpholine rings is 1. The number of rotatable bonds is 2. The van der Waals surface area contributed by atoms with Gasteiger partial charge in [0.1, 0.15) is 12.2 Å². The van der Waals surface area contributed by atoms with Gasteiger partial charge in [0.2, 0.25) is 5.69 Å². The van der Waals surface area contributed by atoms with Crippen LogP contribution in [0.2, 0.25) is 0 Å². The fourth-order valence-corrected chi connectivity index (χ4v) is 2.60. The lowest BCUT2D eigenvalue weighted by atomic mass is 10.3. The Hall–Kier alpha value is -2.40. The van der Waals surface area contributed by atoms with Gasteiger partial charge in [0.25, 0.3) is 5.88 Å². The number of amides is 2. The Morgan fingerprint density at radius 3 is 2.82 bits per heavy atom. The minimum atomic E-state index is -0.159. The summed E-state index contributed by atoms with van der Waals surface area (Å²) in [7, 11) is 0. The first-order valence-electron chi connectivity index (χ1n) is 7.27. The molecule has 2 aliphatic heterocycles. The molecule has 2 amide bonds. The van der Waals surface area contributed by atoms with Gasteiger partial charge < -0.3 is 19.3 Å². The Morgan fingerprint density at radius 2 is 2.05 bits per heavy atom. The molecule has 0 aromatic carbocycles. The van der Waals surface area contributed by atoms with Crippen LogP contribution in [-0.4, -0.2) is 71.3 Å². The van der Waals surface area contributed by atoms with Crippen molar-refractivity contribution in [3.05, 3.63) is 18.1 Å². The highest BCUT2D eigenvalue weighted by Gasteiger charge is 2.31. The van der Waals surface area contributed by atoms with E-state index >= 15 is 0 Å². The number of carbonyl (C=O) groups is 1. The third-order valence-corrected chi connectivity index (χ3v) is 3.75. The number of hydrogen-bond donors (Lipinski definition) is 0. The first kappa shape index (κ1) is 14.5. The number of nitrogens with zero attached hydrogens (tertiary/aromatic N) is 5. The molecule has 1 aromatic heterocycles. The van der Waals surface area contributed by atoms with E-state index in [0.717, 1.165) is 6.42 Å². The summed E-state index contributed by atoms with van der Waals surface area (Å²) in [6.07, 6.45) is 3.50. The molecule has 0 radical (unpaired) electrons. The zero-order valence-electron chi connectivity index (χ0n) is 12.1. The second-order valence-corrected chi connectivity index (χ2v) is 5.18. The maximum absolute atomic E-state index is 12.4. The minimum Gasteiger partial charge on any atom is -0.470 e. The van der Waals surface area contributed by atoms with Crippen LogP contribution in [0.25, 0.3) is 0 Å². The van der Waals surface area contributed by atoms with Gasteiger partial charge in [-0.15, -0.1) is 0 Å². The summed E-state index contributed by atoms with van der Waals surface area (Å²) in [5.41, 5.74) is 0.167. The second kappa shape index (κ2) is 6.58. The highest BCUT2D eigenvalue weighted by atomic mass is 16.5. The lowest BCUT2D eigenvalue weighted by molar-refractivity contribution is 0.0443. The van der Waals surface area contributed by atoms with Crippen LogP contribution in [0, 0.1) is 11.3 Å². The quantitative estimate of drug-likeness (QED) is 0.778. The van der Waals surface area contributed by atoms with Crippen molar-refractivity contribution in [1.82, 2.24) is 19.8 Å². The van der Waals surface area contributed by atoms with Crippen molar-refractivity contribution in [2.45, 2.75) is 12.5 Å². The zero-order chi connectivity index (χ0) is 15.4. The van der Waals surface area contributed by atoms with Crippen molar-refractivity contribution >= 4 is 6.03 Å². The number of likely N-dealkylation sites (tertiary alicyclic amines) is 1. The average molecular weight is 303 g/mol. The van der Waals surface area contributed by atoms with Gasteiger partial charge in [-0.3, -0.25) is 0 Å². The Morgan fingerprint density at radius 1 is 1.27 bits per heavy atom. The van der Waals surface area contributed by atoms with E-state index in [-0.39, 0.29) is 23.7 Å². The second-order valence-electron chi connectivity index (χ2n) is 5.18. The molecule has 116 valence electrons. The van der Waals surface area contributed by atoms with E-state index in [0.29, 0.717) is 39.4 Å². The molecule has 0 saturated carbocycles. The lowest BCUT2D eigenvalue weighted by Crippen LogP contribution is -2.47. The SMILES string of the molecule is N#Cc1nccnc1OC1CCN(C(=O)N2CCOCC2)C1. The largest absolute Gasteiger partial charge is 0.470 e. The molecule has 3 heterocycles. The zero-order valence-corrected chi connectivity index (χ0v) is 12.1. The summed E-state index contributed by atoms with van der Waals surface area (Å²) in [4.78, 5) is 23.9. The molecule has 1 atom stereocenters. The molecule has 2 saturated heterocycles. The Bertz CT molecular complexity index is 582. The molecule has 3 rings (SSSR count). The van der Waals surface area contributed by atoms with E-state index < -0.39 is 0 Å². The number of carbonyl (C=O) groups excluding carboxylic acids is 1. The van der Waals surface area contributed by atoms with Crippen molar-refractivity contribution < 1.29 is 14.3 Å². The van der Waals surface area contributed by atoms with Crippen LogP contribution in [0.4, 0.5) is 4.79 Å². The first-order chi connectivity index (χ1) is 10.8. The third kappa shape index (κ3) is 3.09. The highest BCUT2D eigenvalue weighted by Crippen LogP contribution is 2.19. The maximum Gasteiger partial charge on any atom is 0.320 e. The molecule has 0 aliphatic carbocycles. The van der Waals surface area contributed by atoms with Gasteiger partial charge in [0.15, 0.2) is 0 Å². The van der Waals surface area contributed by atoms with Crippen LogP contribution in [0.3, 0.4) is 0 Å². The lowest BCUT2D eigenvalue weighted by Gasteiger charge is -2.30. The van der Waals surface area contributed by atoms with E-state index in [1.807, 2.05) is 6.07 Å². The number of urea groups is 1. The molecular weight excluding hydrogens is 286 g/mol.